The minimum absolute atomic E-state index is 0.206. The molecule has 1 aromatic rings. The van der Waals surface area contributed by atoms with Crippen LogP contribution in [0.25, 0.3) is 0 Å². The van der Waals surface area contributed by atoms with Gasteiger partial charge in [-0.25, -0.2) is 9.78 Å². The highest BCUT2D eigenvalue weighted by molar-refractivity contribution is 9.10. The van der Waals surface area contributed by atoms with E-state index in [-0.39, 0.29) is 12.1 Å². The number of ether oxygens (including phenoxy) is 1. The van der Waals surface area contributed by atoms with Gasteiger partial charge in [0.2, 0.25) is 0 Å². The third kappa shape index (κ3) is 5.25. The third-order valence-electron chi connectivity index (χ3n) is 3.50. The van der Waals surface area contributed by atoms with Crippen LogP contribution < -0.4 is 5.32 Å². The molecule has 0 aromatic carbocycles. The maximum absolute atomic E-state index is 12.2. The van der Waals surface area contributed by atoms with E-state index in [0.29, 0.717) is 0 Å². The first-order valence-corrected chi connectivity index (χ1v) is 8.45. The molecule has 122 valence electrons. The van der Waals surface area contributed by atoms with E-state index in [2.05, 4.69) is 26.2 Å². The first-order chi connectivity index (χ1) is 10.3. The van der Waals surface area contributed by atoms with E-state index in [4.69, 9.17) is 4.74 Å². The number of nitrogens with one attached hydrogen (secondary N) is 1. The molecule has 0 saturated carbocycles. The lowest BCUT2D eigenvalue weighted by molar-refractivity contribution is 0.0226. The molecule has 2 rings (SSSR count). The lowest BCUT2D eigenvalue weighted by atomic mass is 10.2. The Bertz CT molecular complexity index is 499. The highest BCUT2D eigenvalue weighted by Gasteiger charge is 2.31. The molecular weight excluding hydrogens is 346 g/mol. The Morgan fingerprint density at radius 2 is 2.27 bits per heavy atom. The van der Waals surface area contributed by atoms with E-state index in [1.54, 1.807) is 0 Å². The second-order valence-corrected chi connectivity index (χ2v) is 7.40. The van der Waals surface area contributed by atoms with Crippen molar-refractivity contribution < 1.29 is 9.53 Å². The van der Waals surface area contributed by atoms with Gasteiger partial charge in [-0.2, -0.15) is 0 Å². The van der Waals surface area contributed by atoms with Gasteiger partial charge in [0.1, 0.15) is 10.2 Å². The van der Waals surface area contributed by atoms with E-state index in [1.807, 2.05) is 44.0 Å². The number of hydrogen-bond donors (Lipinski definition) is 1. The number of carbonyl (C=O) groups excluding carboxylic acids is 1. The van der Waals surface area contributed by atoms with Crippen LogP contribution in [-0.2, 0) is 11.3 Å². The number of carbonyl (C=O) groups is 1. The zero-order valence-corrected chi connectivity index (χ0v) is 15.0. The van der Waals surface area contributed by atoms with Crippen LogP contribution in [0.15, 0.2) is 22.9 Å². The Balaban J connectivity index is 1.81. The lowest BCUT2D eigenvalue weighted by Crippen LogP contribution is -2.44. The van der Waals surface area contributed by atoms with E-state index >= 15 is 0 Å². The molecule has 5 nitrogen and oxygen atoms in total. The van der Waals surface area contributed by atoms with Crippen molar-refractivity contribution in [2.45, 2.75) is 51.8 Å². The molecule has 22 heavy (non-hydrogen) atoms. The van der Waals surface area contributed by atoms with Crippen LogP contribution in [0, 0.1) is 0 Å². The monoisotopic (exact) mass is 369 g/mol. The fourth-order valence-electron chi connectivity index (χ4n) is 2.50. The summed E-state index contributed by atoms with van der Waals surface area (Å²) in [5, 5.41) is 3.41. The normalized spacial score (nSPS) is 18.5. The maximum Gasteiger partial charge on any atom is 0.410 e. The van der Waals surface area contributed by atoms with Crippen molar-refractivity contribution in [2.24, 2.45) is 0 Å². The number of likely N-dealkylation sites (tertiary alicyclic amines) is 1. The molecule has 1 N–H and O–H groups in total. The number of halogens is 1. The van der Waals surface area contributed by atoms with Gasteiger partial charge >= 0.3 is 6.09 Å². The summed E-state index contributed by atoms with van der Waals surface area (Å²) in [7, 11) is 0. The van der Waals surface area contributed by atoms with Crippen LogP contribution in [0.4, 0.5) is 4.79 Å². The molecule has 1 aliphatic heterocycles. The molecule has 1 aliphatic rings. The summed E-state index contributed by atoms with van der Waals surface area (Å²) in [4.78, 5) is 18.3. The Labute approximate surface area is 140 Å². The van der Waals surface area contributed by atoms with Gasteiger partial charge in [0.15, 0.2) is 0 Å². The molecule has 1 unspecified atom stereocenters. The van der Waals surface area contributed by atoms with Gasteiger partial charge in [-0.15, -0.1) is 0 Å². The van der Waals surface area contributed by atoms with Gasteiger partial charge < -0.3 is 15.0 Å². The minimum atomic E-state index is -0.444. The molecule has 0 aliphatic carbocycles. The molecule has 1 amide bonds. The summed E-state index contributed by atoms with van der Waals surface area (Å²) in [6, 6.07) is 4.17. The summed E-state index contributed by atoms with van der Waals surface area (Å²) in [6.45, 7) is 7.99. The number of hydrogen-bond acceptors (Lipinski definition) is 4. The largest absolute Gasteiger partial charge is 0.444 e. The van der Waals surface area contributed by atoms with Crippen LogP contribution in [0.3, 0.4) is 0 Å². The maximum atomic E-state index is 12.2. The highest BCUT2D eigenvalue weighted by Crippen LogP contribution is 2.20. The van der Waals surface area contributed by atoms with Crippen molar-refractivity contribution >= 4 is 22.0 Å². The number of rotatable bonds is 4. The van der Waals surface area contributed by atoms with Crippen LogP contribution >= 0.6 is 15.9 Å². The summed E-state index contributed by atoms with van der Waals surface area (Å²) >= 11 is 3.33. The number of nitrogens with zero attached hydrogens (tertiary/aromatic N) is 2. The Morgan fingerprint density at radius 1 is 1.50 bits per heavy atom. The topological polar surface area (TPSA) is 54.5 Å². The van der Waals surface area contributed by atoms with Gasteiger partial charge in [-0.1, -0.05) is 6.07 Å². The van der Waals surface area contributed by atoms with E-state index in [1.165, 1.54) is 0 Å². The van der Waals surface area contributed by atoms with Crippen molar-refractivity contribution in [2.75, 3.05) is 13.1 Å². The molecule has 0 bridgehead atoms. The van der Waals surface area contributed by atoms with Crippen LogP contribution in [0.2, 0.25) is 0 Å². The molecule has 0 radical (unpaired) electrons. The first kappa shape index (κ1) is 17.2. The molecule has 1 atom stereocenters. The van der Waals surface area contributed by atoms with Crippen molar-refractivity contribution in [3.05, 3.63) is 28.5 Å². The minimum Gasteiger partial charge on any atom is -0.444 e. The number of pyridine rings is 1. The SMILES string of the molecule is CC(C)(C)OC(=O)N1CCCC1CNCc1ccc(Br)nc1. The Morgan fingerprint density at radius 3 is 2.91 bits per heavy atom. The molecule has 1 saturated heterocycles. The Kier molecular flexibility index (Phi) is 5.81. The molecule has 6 heteroatoms. The molecule has 0 spiro atoms. The van der Waals surface area contributed by atoms with E-state index in [9.17, 15) is 4.79 Å². The summed E-state index contributed by atoms with van der Waals surface area (Å²) < 4.78 is 6.31. The van der Waals surface area contributed by atoms with Crippen LogP contribution in [-0.4, -0.2) is 40.7 Å². The zero-order valence-electron chi connectivity index (χ0n) is 13.4. The quantitative estimate of drug-likeness (QED) is 0.826. The van der Waals surface area contributed by atoms with Crippen LogP contribution in [0.1, 0.15) is 39.2 Å². The molecule has 1 fully saturated rings. The fourth-order valence-corrected chi connectivity index (χ4v) is 2.74. The zero-order chi connectivity index (χ0) is 16.2. The number of aromatic nitrogens is 1. The fraction of sp³-hybridized carbons (Fsp3) is 0.625. The second kappa shape index (κ2) is 7.42. The second-order valence-electron chi connectivity index (χ2n) is 6.59. The molecule has 1 aromatic heterocycles. The van der Waals surface area contributed by atoms with Crippen LogP contribution in [0.5, 0.6) is 0 Å². The molecule has 2 heterocycles. The third-order valence-corrected chi connectivity index (χ3v) is 3.97. The van der Waals surface area contributed by atoms with E-state index in [0.717, 1.165) is 42.6 Å². The number of amides is 1. The van der Waals surface area contributed by atoms with Crippen molar-refractivity contribution in [1.29, 1.82) is 0 Å². The lowest BCUT2D eigenvalue weighted by Gasteiger charge is -2.28. The average molecular weight is 370 g/mol. The summed E-state index contributed by atoms with van der Waals surface area (Å²) in [6.07, 6.45) is 3.69. The predicted octanol–water partition coefficient (Wildman–Crippen LogP) is 3.33. The Hall–Kier alpha value is -1.14. The van der Waals surface area contributed by atoms with Crippen molar-refractivity contribution in [3.63, 3.8) is 0 Å². The van der Waals surface area contributed by atoms with Gasteiger partial charge in [0, 0.05) is 31.9 Å². The smallest absolute Gasteiger partial charge is 0.410 e. The first-order valence-electron chi connectivity index (χ1n) is 7.66. The van der Waals surface area contributed by atoms with Crippen molar-refractivity contribution in [3.8, 4) is 0 Å². The van der Waals surface area contributed by atoms with Gasteiger partial charge in [0.25, 0.3) is 0 Å². The highest BCUT2D eigenvalue weighted by atomic mass is 79.9. The van der Waals surface area contributed by atoms with E-state index < -0.39 is 5.60 Å². The van der Waals surface area contributed by atoms with Crippen molar-refractivity contribution in [1.82, 2.24) is 15.2 Å². The standard InChI is InChI=1S/C16H24BrN3O2/c1-16(2,3)22-15(21)20-8-4-5-13(20)11-18-9-12-6-7-14(17)19-10-12/h6-7,10,13,18H,4-5,8-9,11H2,1-3H3. The summed E-state index contributed by atoms with van der Waals surface area (Å²) in [5.41, 5.74) is 0.686. The average Bonchev–Trinajstić information content (AvgIpc) is 2.88. The summed E-state index contributed by atoms with van der Waals surface area (Å²) in [5.74, 6) is 0. The van der Waals surface area contributed by atoms with Gasteiger partial charge in [0.05, 0.1) is 0 Å². The van der Waals surface area contributed by atoms with Gasteiger partial charge in [-0.3, -0.25) is 0 Å². The predicted molar refractivity (Wildman–Crippen MR) is 89.6 cm³/mol. The molecular formula is C16H24BrN3O2. The van der Waals surface area contributed by atoms with Gasteiger partial charge in [-0.05, 0) is 61.2 Å².